The van der Waals surface area contributed by atoms with Gasteiger partial charge in [0.15, 0.2) is 5.82 Å². The van der Waals surface area contributed by atoms with Gasteiger partial charge in [-0.25, -0.2) is 4.98 Å². The van der Waals surface area contributed by atoms with Gasteiger partial charge in [-0.1, -0.05) is 13.8 Å². The molecule has 0 amide bonds. The summed E-state index contributed by atoms with van der Waals surface area (Å²) in [6.45, 7) is 11.0. The van der Waals surface area contributed by atoms with Crippen LogP contribution in [0.15, 0.2) is 17.2 Å². The van der Waals surface area contributed by atoms with Gasteiger partial charge in [0, 0.05) is 24.5 Å². The normalized spacial score (nSPS) is 11.9. The summed E-state index contributed by atoms with van der Waals surface area (Å²) in [6, 6.07) is 0. The summed E-state index contributed by atoms with van der Waals surface area (Å²) in [5.41, 5.74) is -0.274. The summed E-state index contributed by atoms with van der Waals surface area (Å²) in [7, 11) is 0. The molecule has 16 heavy (non-hydrogen) atoms. The van der Waals surface area contributed by atoms with Crippen LogP contribution >= 0.6 is 0 Å². The highest BCUT2D eigenvalue weighted by molar-refractivity contribution is 5.31. The molecule has 1 rings (SSSR count). The summed E-state index contributed by atoms with van der Waals surface area (Å²) in [5, 5.41) is 3.08. The van der Waals surface area contributed by atoms with Crippen molar-refractivity contribution in [3.63, 3.8) is 0 Å². The first-order valence-electron chi connectivity index (χ1n) is 5.64. The Morgan fingerprint density at radius 1 is 1.44 bits per heavy atom. The second-order valence-electron chi connectivity index (χ2n) is 5.40. The third-order valence-corrected chi connectivity index (χ3v) is 2.24. The fourth-order valence-electron chi connectivity index (χ4n) is 1.36. The third kappa shape index (κ3) is 3.08. The van der Waals surface area contributed by atoms with E-state index in [-0.39, 0.29) is 11.1 Å². The van der Waals surface area contributed by atoms with Crippen molar-refractivity contribution < 1.29 is 0 Å². The monoisotopic (exact) mass is 223 g/mol. The lowest BCUT2D eigenvalue weighted by atomic mass is 10.1. The van der Waals surface area contributed by atoms with E-state index in [1.165, 1.54) is 0 Å². The minimum absolute atomic E-state index is 0.0596. The zero-order chi connectivity index (χ0) is 12.3. The summed E-state index contributed by atoms with van der Waals surface area (Å²) >= 11 is 0. The molecule has 0 spiro atoms. The van der Waals surface area contributed by atoms with Crippen molar-refractivity contribution in [1.29, 1.82) is 0 Å². The summed E-state index contributed by atoms with van der Waals surface area (Å²) in [6.07, 6.45) is 3.39. The maximum Gasteiger partial charge on any atom is 0.293 e. The Labute approximate surface area is 96.7 Å². The number of hydrogen-bond donors (Lipinski definition) is 1. The molecule has 90 valence electrons. The molecule has 0 saturated heterocycles. The standard InChI is InChI=1S/C12H21N3O/c1-9(2)8-14-10-11(16)15(7-6-13-10)12(3,4)5/h6-7,9H,8H2,1-5H3,(H,13,14). The van der Waals surface area contributed by atoms with E-state index in [0.717, 1.165) is 6.54 Å². The molecule has 0 radical (unpaired) electrons. The highest BCUT2D eigenvalue weighted by Crippen LogP contribution is 2.10. The Morgan fingerprint density at radius 2 is 2.06 bits per heavy atom. The molecule has 0 saturated carbocycles. The zero-order valence-electron chi connectivity index (χ0n) is 10.7. The van der Waals surface area contributed by atoms with Gasteiger partial charge in [0.1, 0.15) is 0 Å². The van der Waals surface area contributed by atoms with Gasteiger partial charge in [-0.05, 0) is 26.7 Å². The summed E-state index contributed by atoms with van der Waals surface area (Å²) < 4.78 is 1.70. The van der Waals surface area contributed by atoms with Crippen LogP contribution in [0.5, 0.6) is 0 Å². The topological polar surface area (TPSA) is 46.9 Å². The molecular formula is C12H21N3O. The molecular weight excluding hydrogens is 202 g/mol. The fourth-order valence-corrected chi connectivity index (χ4v) is 1.36. The van der Waals surface area contributed by atoms with Crippen molar-refractivity contribution in [2.75, 3.05) is 11.9 Å². The Balaban J connectivity index is 3.01. The van der Waals surface area contributed by atoms with Crippen LogP contribution in [0.1, 0.15) is 34.6 Å². The van der Waals surface area contributed by atoms with Crippen molar-refractivity contribution in [3.8, 4) is 0 Å². The van der Waals surface area contributed by atoms with Crippen molar-refractivity contribution in [2.45, 2.75) is 40.2 Å². The van der Waals surface area contributed by atoms with Crippen molar-refractivity contribution in [2.24, 2.45) is 5.92 Å². The first kappa shape index (κ1) is 12.7. The van der Waals surface area contributed by atoms with Crippen LogP contribution in [0.4, 0.5) is 5.82 Å². The molecule has 0 aromatic carbocycles. The second kappa shape index (κ2) is 4.68. The third-order valence-electron chi connectivity index (χ3n) is 2.24. The average Bonchev–Trinajstić information content (AvgIpc) is 2.14. The van der Waals surface area contributed by atoms with Gasteiger partial charge in [-0.15, -0.1) is 0 Å². The van der Waals surface area contributed by atoms with Crippen LogP contribution < -0.4 is 10.9 Å². The molecule has 1 aromatic rings. The minimum atomic E-state index is -0.214. The van der Waals surface area contributed by atoms with Crippen LogP contribution in [0.3, 0.4) is 0 Å². The van der Waals surface area contributed by atoms with Gasteiger partial charge < -0.3 is 9.88 Å². The molecule has 0 fully saturated rings. The highest BCUT2D eigenvalue weighted by atomic mass is 16.1. The lowest BCUT2D eigenvalue weighted by Gasteiger charge is -2.22. The second-order valence-corrected chi connectivity index (χ2v) is 5.40. The van der Waals surface area contributed by atoms with Crippen molar-refractivity contribution >= 4 is 5.82 Å². The highest BCUT2D eigenvalue weighted by Gasteiger charge is 2.16. The van der Waals surface area contributed by atoms with Crippen LogP contribution in [0.2, 0.25) is 0 Å². The summed E-state index contributed by atoms with van der Waals surface area (Å²) in [5.74, 6) is 0.926. The van der Waals surface area contributed by atoms with E-state index in [1.54, 1.807) is 17.0 Å². The average molecular weight is 223 g/mol. The van der Waals surface area contributed by atoms with Gasteiger partial charge >= 0.3 is 0 Å². The lowest BCUT2D eigenvalue weighted by molar-refractivity contribution is 0.383. The van der Waals surface area contributed by atoms with Crippen LogP contribution in [0.25, 0.3) is 0 Å². The predicted molar refractivity (Wildman–Crippen MR) is 66.8 cm³/mol. The van der Waals surface area contributed by atoms with E-state index in [4.69, 9.17) is 0 Å². The first-order valence-corrected chi connectivity index (χ1v) is 5.64. The number of rotatable bonds is 3. The van der Waals surface area contributed by atoms with Gasteiger partial charge in [-0.3, -0.25) is 4.79 Å². The van der Waals surface area contributed by atoms with Gasteiger partial charge in [-0.2, -0.15) is 0 Å². The predicted octanol–water partition coefficient (Wildman–Crippen LogP) is 2.07. The molecule has 0 atom stereocenters. The molecule has 1 heterocycles. The number of nitrogens with one attached hydrogen (secondary N) is 1. The minimum Gasteiger partial charge on any atom is -0.365 e. The molecule has 0 aliphatic carbocycles. The number of nitrogens with zero attached hydrogens (tertiary/aromatic N) is 2. The fraction of sp³-hybridized carbons (Fsp3) is 0.667. The molecule has 0 unspecified atom stereocenters. The summed E-state index contributed by atoms with van der Waals surface area (Å²) in [4.78, 5) is 16.1. The molecule has 4 nitrogen and oxygen atoms in total. The molecule has 1 N–H and O–H groups in total. The molecule has 0 bridgehead atoms. The number of aromatic nitrogens is 2. The Bertz CT molecular complexity index is 401. The van der Waals surface area contributed by atoms with Gasteiger partial charge in [0.2, 0.25) is 0 Å². The maximum absolute atomic E-state index is 12.1. The van der Waals surface area contributed by atoms with Crippen LogP contribution in [-0.2, 0) is 5.54 Å². The first-order chi connectivity index (χ1) is 7.32. The van der Waals surface area contributed by atoms with Crippen LogP contribution in [0, 0.1) is 5.92 Å². The van der Waals surface area contributed by atoms with E-state index in [0.29, 0.717) is 11.7 Å². The molecule has 0 aliphatic heterocycles. The van der Waals surface area contributed by atoms with Crippen molar-refractivity contribution in [3.05, 3.63) is 22.7 Å². The Hall–Kier alpha value is -1.32. The molecule has 1 aromatic heterocycles. The van der Waals surface area contributed by atoms with E-state index in [1.807, 2.05) is 20.8 Å². The van der Waals surface area contributed by atoms with Gasteiger partial charge in [0.25, 0.3) is 5.56 Å². The maximum atomic E-state index is 12.1. The van der Waals surface area contributed by atoms with Gasteiger partial charge in [0.05, 0.1) is 0 Å². The van der Waals surface area contributed by atoms with E-state index < -0.39 is 0 Å². The van der Waals surface area contributed by atoms with E-state index >= 15 is 0 Å². The Kier molecular flexibility index (Phi) is 3.73. The van der Waals surface area contributed by atoms with Crippen LogP contribution in [-0.4, -0.2) is 16.1 Å². The Morgan fingerprint density at radius 3 is 2.56 bits per heavy atom. The quantitative estimate of drug-likeness (QED) is 0.853. The smallest absolute Gasteiger partial charge is 0.293 e. The van der Waals surface area contributed by atoms with E-state index in [9.17, 15) is 4.79 Å². The van der Waals surface area contributed by atoms with E-state index in [2.05, 4.69) is 24.1 Å². The number of anilines is 1. The lowest BCUT2D eigenvalue weighted by Crippen LogP contribution is -2.35. The van der Waals surface area contributed by atoms with Crippen molar-refractivity contribution in [1.82, 2.24) is 9.55 Å². The SMILES string of the molecule is CC(C)CNc1nccn(C(C)(C)C)c1=O. The molecule has 4 heteroatoms. The largest absolute Gasteiger partial charge is 0.365 e. The molecule has 0 aliphatic rings. The number of hydrogen-bond acceptors (Lipinski definition) is 3. The zero-order valence-corrected chi connectivity index (χ0v) is 10.7.